The zero-order valence-electron chi connectivity index (χ0n) is 43.6. The molecule has 0 saturated carbocycles. The van der Waals surface area contributed by atoms with E-state index >= 15 is 0 Å². The lowest BCUT2D eigenvalue weighted by Crippen LogP contribution is -2.30. The summed E-state index contributed by atoms with van der Waals surface area (Å²) >= 11 is 0. The van der Waals surface area contributed by atoms with Gasteiger partial charge in [0.2, 0.25) is 0 Å². The first-order valence-electron chi connectivity index (χ1n) is 27.8. The number of hydrogen-bond donors (Lipinski definition) is 0. The van der Waals surface area contributed by atoms with E-state index in [0.717, 1.165) is 89.9 Å². The number of ether oxygens (including phenoxy) is 3. The Morgan fingerprint density at radius 1 is 0.328 bits per heavy atom. The molecule has 0 aromatic rings. The van der Waals surface area contributed by atoms with Crippen molar-refractivity contribution < 1.29 is 28.6 Å². The molecule has 0 aromatic carbocycles. The molecule has 67 heavy (non-hydrogen) atoms. The predicted octanol–water partition coefficient (Wildman–Crippen LogP) is 18.5. The summed E-state index contributed by atoms with van der Waals surface area (Å²) in [6.07, 6.45) is 72.5. The number of rotatable bonds is 49. The number of hydrogen-bond acceptors (Lipinski definition) is 6. The number of carbonyl (C=O) groups excluding carboxylic acids is 3. The van der Waals surface area contributed by atoms with Crippen LogP contribution in [0.1, 0.15) is 252 Å². The molecule has 0 aliphatic rings. The minimum Gasteiger partial charge on any atom is -0.462 e. The van der Waals surface area contributed by atoms with Crippen LogP contribution in [0.3, 0.4) is 0 Å². The van der Waals surface area contributed by atoms with Gasteiger partial charge in [-0.2, -0.15) is 0 Å². The van der Waals surface area contributed by atoms with Crippen LogP contribution in [0.15, 0.2) is 97.2 Å². The molecule has 0 aromatic heterocycles. The topological polar surface area (TPSA) is 78.9 Å². The van der Waals surface area contributed by atoms with Crippen LogP contribution in [0.2, 0.25) is 0 Å². The molecular weight excluding hydrogens is 829 g/mol. The van der Waals surface area contributed by atoms with Crippen molar-refractivity contribution in [2.75, 3.05) is 13.2 Å². The fourth-order valence-corrected chi connectivity index (χ4v) is 7.50. The van der Waals surface area contributed by atoms with E-state index in [1.165, 1.54) is 116 Å². The summed E-state index contributed by atoms with van der Waals surface area (Å²) in [4.78, 5) is 38.1. The molecular formula is C61H102O6. The maximum atomic E-state index is 12.8. The van der Waals surface area contributed by atoms with E-state index in [2.05, 4.69) is 99.8 Å². The van der Waals surface area contributed by atoms with Gasteiger partial charge in [0, 0.05) is 19.3 Å². The normalized spacial score (nSPS) is 12.8. The molecule has 0 aliphatic carbocycles. The minimum absolute atomic E-state index is 0.106. The monoisotopic (exact) mass is 931 g/mol. The second kappa shape index (κ2) is 54.9. The van der Waals surface area contributed by atoms with Crippen LogP contribution in [0, 0.1) is 0 Å². The summed E-state index contributed by atoms with van der Waals surface area (Å²) < 4.78 is 16.8. The molecule has 0 heterocycles. The Balaban J connectivity index is 4.50. The molecule has 1 unspecified atom stereocenters. The van der Waals surface area contributed by atoms with E-state index in [0.29, 0.717) is 19.3 Å². The van der Waals surface area contributed by atoms with Gasteiger partial charge in [0.05, 0.1) is 0 Å². The molecule has 6 heteroatoms. The highest BCUT2D eigenvalue weighted by molar-refractivity contribution is 5.71. The summed E-state index contributed by atoms with van der Waals surface area (Å²) in [7, 11) is 0. The number of allylic oxidation sites excluding steroid dienone is 16. The Morgan fingerprint density at radius 3 is 1.13 bits per heavy atom. The fourth-order valence-electron chi connectivity index (χ4n) is 7.50. The summed E-state index contributed by atoms with van der Waals surface area (Å²) in [6.45, 7) is 6.42. The molecule has 0 rings (SSSR count). The van der Waals surface area contributed by atoms with Crippen LogP contribution < -0.4 is 0 Å². The smallest absolute Gasteiger partial charge is 0.306 e. The molecule has 1 atom stereocenters. The van der Waals surface area contributed by atoms with Crippen molar-refractivity contribution in [2.24, 2.45) is 0 Å². The molecule has 0 spiro atoms. The van der Waals surface area contributed by atoms with E-state index in [1.807, 2.05) is 18.2 Å². The van der Waals surface area contributed by atoms with Crippen LogP contribution in [0.4, 0.5) is 0 Å². The first kappa shape index (κ1) is 63.3. The maximum Gasteiger partial charge on any atom is 0.306 e. The van der Waals surface area contributed by atoms with E-state index in [4.69, 9.17) is 14.2 Å². The Morgan fingerprint density at radius 2 is 0.657 bits per heavy atom. The number of carbonyl (C=O) groups is 3. The lowest BCUT2D eigenvalue weighted by atomic mass is 10.0. The maximum absolute atomic E-state index is 12.8. The second-order valence-electron chi connectivity index (χ2n) is 18.2. The van der Waals surface area contributed by atoms with E-state index < -0.39 is 6.10 Å². The van der Waals surface area contributed by atoms with Crippen molar-refractivity contribution in [2.45, 2.75) is 258 Å². The van der Waals surface area contributed by atoms with Crippen LogP contribution in [-0.2, 0) is 28.6 Å². The van der Waals surface area contributed by atoms with Gasteiger partial charge in [-0.25, -0.2) is 0 Å². The summed E-state index contributed by atoms with van der Waals surface area (Å²) in [5, 5.41) is 0. The Hall–Kier alpha value is -3.67. The van der Waals surface area contributed by atoms with Gasteiger partial charge in [-0.3, -0.25) is 14.4 Å². The highest BCUT2D eigenvalue weighted by Gasteiger charge is 2.19. The molecule has 0 fully saturated rings. The van der Waals surface area contributed by atoms with Crippen molar-refractivity contribution in [3.8, 4) is 0 Å². The zero-order valence-corrected chi connectivity index (χ0v) is 43.6. The van der Waals surface area contributed by atoms with E-state index in [9.17, 15) is 14.4 Å². The molecule has 382 valence electrons. The van der Waals surface area contributed by atoms with E-state index in [1.54, 1.807) is 0 Å². The third-order valence-corrected chi connectivity index (χ3v) is 11.7. The van der Waals surface area contributed by atoms with Crippen molar-refractivity contribution in [3.05, 3.63) is 97.2 Å². The Bertz CT molecular complexity index is 1350. The first-order valence-corrected chi connectivity index (χ1v) is 27.8. The van der Waals surface area contributed by atoms with Gasteiger partial charge in [-0.05, 0) is 77.0 Å². The molecule has 0 radical (unpaired) electrons. The van der Waals surface area contributed by atoms with Crippen LogP contribution in [0.25, 0.3) is 0 Å². The Labute approximate surface area is 413 Å². The van der Waals surface area contributed by atoms with Gasteiger partial charge in [-0.1, -0.05) is 253 Å². The molecule has 0 amide bonds. The highest BCUT2D eigenvalue weighted by Crippen LogP contribution is 2.15. The van der Waals surface area contributed by atoms with Gasteiger partial charge < -0.3 is 14.2 Å². The van der Waals surface area contributed by atoms with Crippen LogP contribution in [-0.4, -0.2) is 37.2 Å². The average molecular weight is 931 g/mol. The molecule has 0 saturated heterocycles. The van der Waals surface area contributed by atoms with Gasteiger partial charge in [0.1, 0.15) is 13.2 Å². The van der Waals surface area contributed by atoms with Gasteiger partial charge in [-0.15, -0.1) is 0 Å². The fraction of sp³-hybridized carbons (Fsp3) is 0.689. The third kappa shape index (κ3) is 53.2. The number of esters is 3. The van der Waals surface area contributed by atoms with Crippen LogP contribution >= 0.6 is 0 Å². The highest BCUT2D eigenvalue weighted by atomic mass is 16.6. The predicted molar refractivity (Wildman–Crippen MR) is 288 cm³/mol. The number of unbranched alkanes of at least 4 members (excludes halogenated alkanes) is 25. The van der Waals surface area contributed by atoms with Gasteiger partial charge in [0.25, 0.3) is 0 Å². The molecule has 0 bridgehead atoms. The van der Waals surface area contributed by atoms with Crippen molar-refractivity contribution in [3.63, 3.8) is 0 Å². The second-order valence-corrected chi connectivity index (χ2v) is 18.2. The molecule has 0 N–H and O–H groups in total. The molecule has 6 nitrogen and oxygen atoms in total. The summed E-state index contributed by atoms with van der Waals surface area (Å²) in [5.74, 6) is -0.981. The van der Waals surface area contributed by atoms with Gasteiger partial charge >= 0.3 is 17.9 Å². The Kier molecular flexibility index (Phi) is 51.9. The minimum atomic E-state index is -0.809. The third-order valence-electron chi connectivity index (χ3n) is 11.7. The van der Waals surface area contributed by atoms with Crippen LogP contribution in [0.5, 0.6) is 0 Å². The van der Waals surface area contributed by atoms with E-state index in [-0.39, 0.29) is 37.5 Å². The lowest BCUT2D eigenvalue weighted by molar-refractivity contribution is -0.167. The SMILES string of the molecule is CC\C=C/C=C\C=C/C=C\CCCCCCCC(=O)OCC(COC(=O)CCC/C=C\C/C=C\C/C=C\C/C=C\CCCCC)OC(=O)CCCCCCCCCCCCCCCCCCC. The average Bonchev–Trinajstić information content (AvgIpc) is 3.33. The van der Waals surface area contributed by atoms with Crippen molar-refractivity contribution in [1.29, 1.82) is 0 Å². The quantitative estimate of drug-likeness (QED) is 0.0199. The summed E-state index contributed by atoms with van der Waals surface area (Å²) in [5.41, 5.74) is 0. The zero-order chi connectivity index (χ0) is 48.6. The first-order chi connectivity index (χ1) is 33.0. The molecule has 0 aliphatic heterocycles. The summed E-state index contributed by atoms with van der Waals surface area (Å²) in [6, 6.07) is 0. The van der Waals surface area contributed by atoms with Crippen molar-refractivity contribution in [1.82, 2.24) is 0 Å². The largest absolute Gasteiger partial charge is 0.462 e. The van der Waals surface area contributed by atoms with Crippen molar-refractivity contribution >= 4 is 17.9 Å². The van der Waals surface area contributed by atoms with Gasteiger partial charge in [0.15, 0.2) is 6.10 Å². The lowest BCUT2D eigenvalue weighted by Gasteiger charge is -2.18. The standard InChI is InChI=1S/C61H102O6/c1-4-7-10-13-16-19-22-25-28-30-33-36-39-42-45-48-51-54-60(63)66-57-58(56-65-59(62)53-50-47-44-41-38-35-32-27-24-21-18-15-12-9-6-3)67-61(64)55-52-49-46-43-40-37-34-31-29-26-23-20-17-14-11-8-5-2/h9,12,15-16,18-19,21,24-25,27-28,32-33,36,42,45,58H,4-8,10-11,13-14,17,20,22-23,26,29-31,34-35,37-41,43-44,46-57H2,1-3H3/b12-9-,18-15-,19-16-,24-21-,28-25-,32-27-,36-33-,45-42-.